The van der Waals surface area contributed by atoms with Gasteiger partial charge in [0.15, 0.2) is 0 Å². The predicted octanol–water partition coefficient (Wildman–Crippen LogP) is 2.92. The molecule has 0 amide bonds. The largest absolute Gasteiger partial charge is 0.299 e. The van der Waals surface area contributed by atoms with E-state index in [1.807, 2.05) is 12.4 Å². The molecular weight excluding hydrogens is 220 g/mol. The van der Waals surface area contributed by atoms with Crippen molar-refractivity contribution in [2.45, 2.75) is 25.8 Å². The van der Waals surface area contributed by atoms with E-state index < -0.39 is 0 Å². The van der Waals surface area contributed by atoms with Crippen molar-refractivity contribution >= 4 is 11.6 Å². The zero-order chi connectivity index (χ0) is 11.2. The van der Waals surface area contributed by atoms with Crippen molar-refractivity contribution in [1.29, 1.82) is 0 Å². The Morgan fingerprint density at radius 1 is 1.38 bits per heavy atom. The van der Waals surface area contributed by atoms with Gasteiger partial charge in [-0.15, -0.1) is 11.6 Å². The Morgan fingerprint density at radius 2 is 2.19 bits per heavy atom. The number of likely N-dealkylation sites (tertiary alicyclic amines) is 1. The van der Waals surface area contributed by atoms with E-state index in [4.69, 9.17) is 11.6 Å². The second-order valence-electron chi connectivity index (χ2n) is 4.58. The molecule has 1 aromatic rings. The van der Waals surface area contributed by atoms with Gasteiger partial charge in [0.1, 0.15) is 0 Å². The number of halogens is 1. The molecule has 0 aromatic carbocycles. The van der Waals surface area contributed by atoms with E-state index >= 15 is 0 Å². The number of piperidine rings is 1. The molecule has 2 nitrogen and oxygen atoms in total. The van der Waals surface area contributed by atoms with E-state index in [0.29, 0.717) is 0 Å². The highest BCUT2D eigenvalue weighted by atomic mass is 35.5. The van der Waals surface area contributed by atoms with E-state index in [9.17, 15) is 0 Å². The molecule has 2 rings (SSSR count). The molecule has 1 saturated heterocycles. The second kappa shape index (κ2) is 6.21. The smallest absolute Gasteiger partial charge is 0.0271 e. The molecule has 2 heterocycles. The standard InChI is InChI=1S/C13H19ClN2/c14-6-3-12-2-1-9-16(10-12)11-13-4-7-15-8-5-13/h4-5,7-8,12H,1-3,6,9-11H2. The molecule has 0 aliphatic carbocycles. The first-order chi connectivity index (χ1) is 7.88. The van der Waals surface area contributed by atoms with Crippen LogP contribution in [0.1, 0.15) is 24.8 Å². The van der Waals surface area contributed by atoms with Gasteiger partial charge in [-0.3, -0.25) is 9.88 Å². The molecule has 1 unspecified atom stereocenters. The summed E-state index contributed by atoms with van der Waals surface area (Å²) in [6.07, 6.45) is 7.56. The Balaban J connectivity index is 1.85. The van der Waals surface area contributed by atoms with Gasteiger partial charge in [-0.25, -0.2) is 0 Å². The minimum atomic E-state index is 0.799. The average molecular weight is 239 g/mol. The van der Waals surface area contributed by atoms with Crippen LogP contribution in [-0.4, -0.2) is 28.9 Å². The topological polar surface area (TPSA) is 16.1 Å². The van der Waals surface area contributed by atoms with Gasteiger partial charge in [-0.2, -0.15) is 0 Å². The molecule has 16 heavy (non-hydrogen) atoms. The van der Waals surface area contributed by atoms with Crippen LogP contribution in [0.4, 0.5) is 0 Å². The molecule has 1 fully saturated rings. The van der Waals surface area contributed by atoms with E-state index in [1.54, 1.807) is 0 Å². The molecule has 88 valence electrons. The molecule has 1 aromatic heterocycles. The van der Waals surface area contributed by atoms with Gasteiger partial charge in [-0.05, 0) is 49.4 Å². The maximum atomic E-state index is 5.82. The third kappa shape index (κ3) is 3.46. The summed E-state index contributed by atoms with van der Waals surface area (Å²) in [5.74, 6) is 1.60. The van der Waals surface area contributed by atoms with Crippen molar-refractivity contribution in [1.82, 2.24) is 9.88 Å². The summed E-state index contributed by atoms with van der Waals surface area (Å²) in [6, 6.07) is 4.20. The monoisotopic (exact) mass is 238 g/mol. The Kier molecular flexibility index (Phi) is 4.61. The number of nitrogens with zero attached hydrogens (tertiary/aromatic N) is 2. The van der Waals surface area contributed by atoms with Crippen LogP contribution >= 0.6 is 11.6 Å². The predicted molar refractivity (Wildman–Crippen MR) is 67.6 cm³/mol. The van der Waals surface area contributed by atoms with E-state index in [-0.39, 0.29) is 0 Å². The van der Waals surface area contributed by atoms with Crippen molar-refractivity contribution < 1.29 is 0 Å². The van der Waals surface area contributed by atoms with Gasteiger partial charge in [0.2, 0.25) is 0 Å². The lowest BCUT2D eigenvalue weighted by Gasteiger charge is -2.32. The fraction of sp³-hybridized carbons (Fsp3) is 0.615. The van der Waals surface area contributed by atoms with Crippen molar-refractivity contribution in [3.05, 3.63) is 30.1 Å². The lowest BCUT2D eigenvalue weighted by molar-refractivity contribution is 0.165. The maximum absolute atomic E-state index is 5.82. The third-order valence-corrected chi connectivity index (χ3v) is 3.49. The van der Waals surface area contributed by atoms with Crippen LogP contribution in [0, 0.1) is 5.92 Å². The van der Waals surface area contributed by atoms with Gasteiger partial charge in [-0.1, -0.05) is 0 Å². The van der Waals surface area contributed by atoms with Crippen LogP contribution < -0.4 is 0 Å². The summed E-state index contributed by atoms with van der Waals surface area (Å²) in [6.45, 7) is 3.48. The van der Waals surface area contributed by atoms with Crippen LogP contribution in [0.3, 0.4) is 0 Å². The molecule has 0 N–H and O–H groups in total. The molecule has 3 heteroatoms. The minimum Gasteiger partial charge on any atom is -0.299 e. The molecule has 0 saturated carbocycles. The quantitative estimate of drug-likeness (QED) is 0.750. The molecule has 0 radical (unpaired) electrons. The lowest BCUT2D eigenvalue weighted by atomic mass is 9.95. The van der Waals surface area contributed by atoms with Gasteiger partial charge >= 0.3 is 0 Å². The average Bonchev–Trinajstić information content (AvgIpc) is 2.31. The Hall–Kier alpha value is -0.600. The number of aromatic nitrogens is 1. The van der Waals surface area contributed by atoms with E-state index in [0.717, 1.165) is 24.8 Å². The fourth-order valence-electron chi connectivity index (χ4n) is 2.43. The normalized spacial score (nSPS) is 22.2. The summed E-state index contributed by atoms with van der Waals surface area (Å²) in [5, 5.41) is 0. The molecule has 0 spiro atoms. The molecular formula is C13H19ClN2. The van der Waals surface area contributed by atoms with Crippen LogP contribution in [0.25, 0.3) is 0 Å². The van der Waals surface area contributed by atoms with Crippen LogP contribution in [0.2, 0.25) is 0 Å². The molecule has 1 aliphatic rings. The SMILES string of the molecule is ClCCC1CCCN(Cc2ccncc2)C1. The van der Waals surface area contributed by atoms with Crippen molar-refractivity contribution in [2.75, 3.05) is 19.0 Å². The Morgan fingerprint density at radius 3 is 2.94 bits per heavy atom. The van der Waals surface area contributed by atoms with Gasteiger partial charge in [0.05, 0.1) is 0 Å². The summed E-state index contributed by atoms with van der Waals surface area (Å²) in [7, 11) is 0. The number of rotatable bonds is 4. The minimum absolute atomic E-state index is 0.799. The molecule has 1 atom stereocenters. The number of alkyl halides is 1. The number of hydrogen-bond acceptors (Lipinski definition) is 2. The van der Waals surface area contributed by atoms with E-state index in [1.165, 1.54) is 31.5 Å². The van der Waals surface area contributed by atoms with Crippen molar-refractivity contribution in [3.63, 3.8) is 0 Å². The summed E-state index contributed by atoms with van der Waals surface area (Å²) < 4.78 is 0. The molecule has 0 bridgehead atoms. The molecule has 1 aliphatic heterocycles. The van der Waals surface area contributed by atoms with E-state index in [2.05, 4.69) is 22.0 Å². The zero-order valence-corrected chi connectivity index (χ0v) is 10.4. The van der Waals surface area contributed by atoms with Gasteiger partial charge in [0, 0.05) is 31.4 Å². The first kappa shape index (κ1) is 11.9. The summed E-state index contributed by atoms with van der Waals surface area (Å²) >= 11 is 5.82. The zero-order valence-electron chi connectivity index (χ0n) is 9.61. The van der Waals surface area contributed by atoms with Crippen LogP contribution in [0.5, 0.6) is 0 Å². The maximum Gasteiger partial charge on any atom is 0.0271 e. The number of hydrogen-bond donors (Lipinski definition) is 0. The van der Waals surface area contributed by atoms with Gasteiger partial charge in [0.25, 0.3) is 0 Å². The Labute approximate surface area is 103 Å². The Bertz CT molecular complexity index is 300. The van der Waals surface area contributed by atoms with Crippen LogP contribution in [-0.2, 0) is 6.54 Å². The first-order valence-corrected chi connectivity index (χ1v) is 6.59. The number of pyridine rings is 1. The summed E-state index contributed by atoms with van der Waals surface area (Å²) in [5.41, 5.74) is 1.36. The third-order valence-electron chi connectivity index (χ3n) is 3.28. The highest BCUT2D eigenvalue weighted by Crippen LogP contribution is 2.21. The second-order valence-corrected chi connectivity index (χ2v) is 4.95. The highest BCUT2D eigenvalue weighted by molar-refractivity contribution is 6.17. The lowest BCUT2D eigenvalue weighted by Crippen LogP contribution is -2.35. The fourth-order valence-corrected chi connectivity index (χ4v) is 2.74. The van der Waals surface area contributed by atoms with Gasteiger partial charge < -0.3 is 0 Å². The van der Waals surface area contributed by atoms with Crippen LogP contribution in [0.15, 0.2) is 24.5 Å². The van der Waals surface area contributed by atoms with Crippen molar-refractivity contribution in [3.8, 4) is 0 Å². The highest BCUT2D eigenvalue weighted by Gasteiger charge is 2.19. The van der Waals surface area contributed by atoms with Crippen molar-refractivity contribution in [2.24, 2.45) is 5.92 Å². The summed E-state index contributed by atoms with van der Waals surface area (Å²) in [4.78, 5) is 6.58. The first-order valence-electron chi connectivity index (χ1n) is 6.05.